The summed E-state index contributed by atoms with van der Waals surface area (Å²) in [6.45, 7) is 0. The fourth-order valence-corrected chi connectivity index (χ4v) is 2.15. The molecule has 0 saturated heterocycles. The largest absolute Gasteiger partial charge is 0.497 e. The van der Waals surface area contributed by atoms with Crippen molar-refractivity contribution < 1.29 is 9.15 Å². The summed E-state index contributed by atoms with van der Waals surface area (Å²) in [5.41, 5.74) is 0.725. The van der Waals surface area contributed by atoms with E-state index in [0.29, 0.717) is 27.8 Å². The second kappa shape index (κ2) is 4.10. The molecule has 90 valence electrons. The molecule has 3 rings (SSSR count). The van der Waals surface area contributed by atoms with Crippen molar-refractivity contribution in [2.75, 3.05) is 7.11 Å². The van der Waals surface area contributed by atoms with Crippen molar-refractivity contribution in [2.45, 2.75) is 0 Å². The molecular formula is C13H8BrNO3. The topological polar surface area (TPSA) is 52.3 Å². The van der Waals surface area contributed by atoms with Crippen molar-refractivity contribution in [3.05, 3.63) is 45.2 Å². The van der Waals surface area contributed by atoms with Gasteiger partial charge in [0, 0.05) is 10.7 Å². The molecule has 0 fully saturated rings. The summed E-state index contributed by atoms with van der Waals surface area (Å²) in [5, 5.41) is 0.937. The number of rotatable bonds is 1. The number of halogens is 1. The van der Waals surface area contributed by atoms with Crippen LogP contribution < -0.4 is 10.2 Å². The molecule has 0 amide bonds. The van der Waals surface area contributed by atoms with Crippen LogP contribution in [0.1, 0.15) is 0 Å². The van der Waals surface area contributed by atoms with E-state index in [1.54, 1.807) is 37.6 Å². The van der Waals surface area contributed by atoms with E-state index in [0.717, 1.165) is 4.47 Å². The fourth-order valence-electron chi connectivity index (χ4n) is 1.82. The number of pyridine rings is 1. The Morgan fingerprint density at radius 1 is 1.28 bits per heavy atom. The first-order chi connectivity index (χ1) is 8.69. The molecule has 18 heavy (non-hydrogen) atoms. The minimum atomic E-state index is -0.112. The lowest BCUT2D eigenvalue weighted by molar-refractivity contribution is 0.415. The zero-order valence-corrected chi connectivity index (χ0v) is 11.0. The highest BCUT2D eigenvalue weighted by molar-refractivity contribution is 9.10. The van der Waals surface area contributed by atoms with E-state index >= 15 is 0 Å². The van der Waals surface area contributed by atoms with Gasteiger partial charge in [-0.3, -0.25) is 4.79 Å². The van der Waals surface area contributed by atoms with Crippen LogP contribution in [0.3, 0.4) is 0 Å². The van der Waals surface area contributed by atoms with Crippen LogP contribution in [0.5, 0.6) is 5.75 Å². The summed E-state index contributed by atoms with van der Waals surface area (Å²) in [7, 11) is 1.56. The minimum Gasteiger partial charge on any atom is -0.497 e. The number of hydrogen-bond donors (Lipinski definition) is 0. The first-order valence-electron chi connectivity index (χ1n) is 5.25. The van der Waals surface area contributed by atoms with Crippen LogP contribution >= 0.6 is 15.9 Å². The standard InChI is InChI=1S/C13H8BrNO3/c1-17-8-2-3-11-9(5-8)12(16)10-4-7(14)6-15-13(10)18-11/h2-6H,1H3. The van der Waals surface area contributed by atoms with Crippen LogP contribution in [-0.4, -0.2) is 12.1 Å². The third-order valence-corrected chi connectivity index (χ3v) is 3.13. The van der Waals surface area contributed by atoms with Gasteiger partial charge in [0.05, 0.1) is 17.9 Å². The monoisotopic (exact) mass is 305 g/mol. The molecular weight excluding hydrogens is 298 g/mol. The van der Waals surface area contributed by atoms with Crippen molar-refractivity contribution in [3.63, 3.8) is 0 Å². The lowest BCUT2D eigenvalue weighted by atomic mass is 10.2. The zero-order valence-electron chi connectivity index (χ0n) is 9.44. The van der Waals surface area contributed by atoms with Gasteiger partial charge in [-0.05, 0) is 40.2 Å². The van der Waals surface area contributed by atoms with Gasteiger partial charge in [-0.2, -0.15) is 0 Å². The molecule has 0 aliphatic rings. The van der Waals surface area contributed by atoms with Crippen LogP contribution in [0.2, 0.25) is 0 Å². The highest BCUT2D eigenvalue weighted by Gasteiger charge is 2.09. The zero-order chi connectivity index (χ0) is 12.7. The molecule has 0 spiro atoms. The van der Waals surface area contributed by atoms with E-state index in [1.165, 1.54) is 0 Å². The molecule has 0 unspecified atom stereocenters. The van der Waals surface area contributed by atoms with E-state index in [-0.39, 0.29) is 5.43 Å². The molecule has 0 N–H and O–H groups in total. The van der Waals surface area contributed by atoms with Gasteiger partial charge in [0.1, 0.15) is 11.3 Å². The van der Waals surface area contributed by atoms with Gasteiger partial charge in [0.2, 0.25) is 11.1 Å². The molecule has 0 bridgehead atoms. The molecule has 4 nitrogen and oxygen atoms in total. The van der Waals surface area contributed by atoms with Crippen molar-refractivity contribution in [2.24, 2.45) is 0 Å². The first kappa shape index (κ1) is 11.2. The third-order valence-electron chi connectivity index (χ3n) is 2.70. The number of methoxy groups -OCH3 is 1. The summed E-state index contributed by atoms with van der Waals surface area (Å²) in [4.78, 5) is 16.4. The summed E-state index contributed by atoms with van der Waals surface area (Å²) >= 11 is 3.29. The van der Waals surface area contributed by atoms with Gasteiger partial charge >= 0.3 is 0 Å². The molecule has 1 aromatic carbocycles. The summed E-state index contributed by atoms with van der Waals surface area (Å²) < 4.78 is 11.4. The molecule has 5 heteroatoms. The van der Waals surface area contributed by atoms with Gasteiger partial charge in [-0.25, -0.2) is 4.98 Å². The predicted molar refractivity (Wildman–Crippen MR) is 72.0 cm³/mol. The second-order valence-electron chi connectivity index (χ2n) is 3.80. The highest BCUT2D eigenvalue weighted by atomic mass is 79.9. The quantitative estimate of drug-likeness (QED) is 0.648. The van der Waals surface area contributed by atoms with E-state index in [2.05, 4.69) is 20.9 Å². The number of nitrogens with zero attached hydrogens (tertiary/aromatic N) is 1. The van der Waals surface area contributed by atoms with Gasteiger partial charge in [-0.1, -0.05) is 0 Å². The molecule has 0 aliphatic carbocycles. The van der Waals surface area contributed by atoms with E-state index < -0.39 is 0 Å². The van der Waals surface area contributed by atoms with Gasteiger partial charge in [0.25, 0.3) is 0 Å². The van der Waals surface area contributed by atoms with E-state index in [1.807, 2.05) is 0 Å². The fraction of sp³-hybridized carbons (Fsp3) is 0.0769. The molecule has 2 heterocycles. The summed E-state index contributed by atoms with van der Waals surface area (Å²) in [5.74, 6) is 0.622. The maximum absolute atomic E-state index is 12.3. The minimum absolute atomic E-state index is 0.112. The summed E-state index contributed by atoms with van der Waals surface area (Å²) in [6, 6.07) is 6.82. The Balaban J connectivity index is 2.49. The Hall–Kier alpha value is -1.88. The SMILES string of the molecule is COc1ccc2oc3ncc(Br)cc3c(=O)c2c1. The lowest BCUT2D eigenvalue weighted by Crippen LogP contribution is -2.03. The molecule has 0 aliphatic heterocycles. The number of hydrogen-bond acceptors (Lipinski definition) is 4. The number of ether oxygens (including phenoxy) is 1. The molecule has 2 aromatic heterocycles. The van der Waals surface area contributed by atoms with E-state index in [4.69, 9.17) is 9.15 Å². The van der Waals surface area contributed by atoms with Crippen molar-refractivity contribution in [1.82, 2.24) is 4.98 Å². The van der Waals surface area contributed by atoms with Crippen molar-refractivity contribution in [1.29, 1.82) is 0 Å². The maximum atomic E-state index is 12.3. The van der Waals surface area contributed by atoms with Gasteiger partial charge < -0.3 is 9.15 Å². The average molecular weight is 306 g/mol. The lowest BCUT2D eigenvalue weighted by Gasteiger charge is -2.03. The Labute approximate surface area is 110 Å². The second-order valence-corrected chi connectivity index (χ2v) is 4.72. The molecule has 3 aromatic rings. The highest BCUT2D eigenvalue weighted by Crippen LogP contribution is 2.22. The molecule has 0 saturated carbocycles. The predicted octanol–water partition coefficient (Wildman–Crippen LogP) is 3.11. The third kappa shape index (κ3) is 1.67. The molecule has 0 atom stereocenters. The Kier molecular flexibility index (Phi) is 2.56. The van der Waals surface area contributed by atoms with Crippen LogP contribution in [0.15, 0.2) is 44.1 Å². The van der Waals surface area contributed by atoms with Gasteiger partial charge in [0.15, 0.2) is 0 Å². The normalized spacial score (nSPS) is 11.0. The number of benzene rings is 1. The maximum Gasteiger partial charge on any atom is 0.230 e. The average Bonchev–Trinajstić information content (AvgIpc) is 2.40. The summed E-state index contributed by atoms with van der Waals surface area (Å²) in [6.07, 6.45) is 1.60. The smallest absolute Gasteiger partial charge is 0.230 e. The van der Waals surface area contributed by atoms with Crippen LogP contribution in [0.25, 0.3) is 22.1 Å². The van der Waals surface area contributed by atoms with E-state index in [9.17, 15) is 4.79 Å². The number of fused-ring (bicyclic) bond motifs is 2. The van der Waals surface area contributed by atoms with Crippen LogP contribution in [-0.2, 0) is 0 Å². The van der Waals surface area contributed by atoms with Crippen molar-refractivity contribution in [3.8, 4) is 5.75 Å². The Bertz CT molecular complexity index is 810. The first-order valence-corrected chi connectivity index (χ1v) is 6.04. The van der Waals surface area contributed by atoms with Crippen LogP contribution in [0, 0.1) is 0 Å². The Morgan fingerprint density at radius 3 is 2.89 bits per heavy atom. The van der Waals surface area contributed by atoms with Gasteiger partial charge in [-0.15, -0.1) is 0 Å². The number of aromatic nitrogens is 1. The molecule has 0 radical (unpaired) electrons. The Morgan fingerprint density at radius 2 is 2.11 bits per heavy atom. The van der Waals surface area contributed by atoms with Crippen molar-refractivity contribution >= 4 is 38.0 Å². The van der Waals surface area contributed by atoms with Crippen LogP contribution in [0.4, 0.5) is 0 Å².